The van der Waals surface area contributed by atoms with Crippen molar-refractivity contribution in [3.8, 4) is 17.2 Å². The first kappa shape index (κ1) is 21.0. The van der Waals surface area contributed by atoms with Gasteiger partial charge < -0.3 is 19.3 Å². The summed E-state index contributed by atoms with van der Waals surface area (Å²) in [7, 11) is 0. The number of hydrogen-bond acceptors (Lipinski definition) is 7. The molecule has 4 N–H and O–H groups in total. The average molecular weight is 414 g/mol. The van der Waals surface area contributed by atoms with Crippen molar-refractivity contribution in [1.29, 1.82) is 0 Å². The van der Waals surface area contributed by atoms with Crippen LogP contribution in [0.3, 0.4) is 0 Å². The Kier molecular flexibility index (Phi) is 7.12. The fraction of sp³-hybridized carbons (Fsp3) is 0.238. The standard InChI is InChI=1S/C21H22N2O7/c24-16-9-6-14(7-10-16)17(4-2-1-3-5-20(25)23-27)30-21(26)22-15-8-11-18-19(12-15)29-13-28-18/h3,5-12,17,24,27H,1-2,4,13H2,(H,22,26)(H,23,25)/b5-3+/t17-/m0/s1. The number of carbonyl (C=O) groups is 2. The number of anilines is 1. The Hall–Kier alpha value is -3.72. The number of ether oxygens (including phenoxy) is 3. The second-order valence-electron chi connectivity index (χ2n) is 6.49. The molecule has 0 spiro atoms. The summed E-state index contributed by atoms with van der Waals surface area (Å²) in [5.74, 6) is 0.658. The summed E-state index contributed by atoms with van der Waals surface area (Å²) in [5.41, 5.74) is 2.75. The minimum atomic E-state index is -0.637. The van der Waals surface area contributed by atoms with Crippen LogP contribution in [0.2, 0.25) is 0 Å². The van der Waals surface area contributed by atoms with Crippen LogP contribution in [-0.4, -0.2) is 29.1 Å². The second-order valence-corrected chi connectivity index (χ2v) is 6.49. The van der Waals surface area contributed by atoms with Gasteiger partial charge in [0.05, 0.1) is 0 Å². The molecule has 0 saturated carbocycles. The molecule has 0 aliphatic carbocycles. The lowest BCUT2D eigenvalue weighted by Gasteiger charge is -2.19. The highest BCUT2D eigenvalue weighted by Gasteiger charge is 2.18. The number of rotatable bonds is 8. The summed E-state index contributed by atoms with van der Waals surface area (Å²) < 4.78 is 16.1. The van der Waals surface area contributed by atoms with Gasteiger partial charge in [-0.1, -0.05) is 18.2 Å². The van der Waals surface area contributed by atoms with Gasteiger partial charge in [-0.25, -0.2) is 10.3 Å². The molecule has 0 fully saturated rings. The summed E-state index contributed by atoms with van der Waals surface area (Å²) in [6.07, 6.45) is 3.31. The predicted molar refractivity (Wildman–Crippen MR) is 106 cm³/mol. The molecule has 2 amide bonds. The number of hydroxylamine groups is 1. The molecule has 0 unspecified atom stereocenters. The first-order valence-electron chi connectivity index (χ1n) is 9.32. The quantitative estimate of drug-likeness (QED) is 0.225. The molecule has 1 aliphatic rings. The van der Waals surface area contributed by atoms with E-state index in [0.29, 0.717) is 36.4 Å². The van der Waals surface area contributed by atoms with Gasteiger partial charge >= 0.3 is 6.09 Å². The molecule has 0 aromatic heterocycles. The smallest absolute Gasteiger partial charge is 0.412 e. The Morgan fingerprint density at radius 1 is 1.13 bits per heavy atom. The molecule has 9 heteroatoms. The third-order valence-corrected chi connectivity index (χ3v) is 4.35. The number of fused-ring (bicyclic) bond motifs is 1. The number of aromatic hydroxyl groups is 1. The third kappa shape index (κ3) is 5.89. The van der Waals surface area contributed by atoms with Crippen molar-refractivity contribution in [2.45, 2.75) is 25.4 Å². The Balaban J connectivity index is 1.60. The molecule has 9 nitrogen and oxygen atoms in total. The first-order chi connectivity index (χ1) is 14.5. The van der Waals surface area contributed by atoms with E-state index in [-0.39, 0.29) is 12.5 Å². The van der Waals surface area contributed by atoms with Crippen LogP contribution >= 0.6 is 0 Å². The van der Waals surface area contributed by atoms with Crippen LogP contribution in [0.25, 0.3) is 0 Å². The van der Waals surface area contributed by atoms with E-state index in [9.17, 15) is 14.7 Å². The van der Waals surface area contributed by atoms with Gasteiger partial charge in [0.2, 0.25) is 6.79 Å². The number of benzene rings is 2. The summed E-state index contributed by atoms with van der Waals surface area (Å²) in [6, 6.07) is 11.4. The molecule has 1 heterocycles. The van der Waals surface area contributed by atoms with Gasteiger partial charge in [-0.15, -0.1) is 0 Å². The maximum atomic E-state index is 12.4. The summed E-state index contributed by atoms with van der Waals surface area (Å²) in [6.45, 7) is 0.139. The van der Waals surface area contributed by atoms with Crippen LogP contribution in [0.1, 0.15) is 30.9 Å². The Morgan fingerprint density at radius 2 is 1.90 bits per heavy atom. The van der Waals surface area contributed by atoms with Crippen molar-refractivity contribution >= 4 is 17.7 Å². The number of carbonyl (C=O) groups excluding carboxylic acids is 2. The summed E-state index contributed by atoms with van der Waals surface area (Å²) in [5, 5.41) is 20.6. The monoisotopic (exact) mass is 414 g/mol. The van der Waals surface area contributed by atoms with Gasteiger partial charge in [0.15, 0.2) is 11.5 Å². The molecule has 158 valence electrons. The first-order valence-corrected chi connectivity index (χ1v) is 9.32. The fourth-order valence-electron chi connectivity index (χ4n) is 2.88. The van der Waals surface area contributed by atoms with Gasteiger partial charge in [-0.05, 0) is 49.1 Å². The van der Waals surface area contributed by atoms with Crippen LogP contribution in [-0.2, 0) is 9.53 Å². The van der Waals surface area contributed by atoms with Crippen molar-refractivity contribution in [3.05, 3.63) is 60.2 Å². The highest BCUT2D eigenvalue weighted by atomic mass is 16.7. The molecule has 0 radical (unpaired) electrons. The SMILES string of the molecule is O=C(/C=C/CCC[C@H](OC(=O)Nc1ccc2c(c1)OCO2)c1ccc(O)cc1)NO. The second kappa shape index (κ2) is 10.2. The number of hydrogen-bond donors (Lipinski definition) is 4. The van der Waals surface area contributed by atoms with E-state index in [1.54, 1.807) is 36.4 Å². The van der Waals surface area contributed by atoms with Gasteiger partial charge in [-0.3, -0.25) is 15.3 Å². The lowest BCUT2D eigenvalue weighted by atomic mass is 10.0. The maximum absolute atomic E-state index is 12.4. The van der Waals surface area contributed by atoms with Crippen LogP contribution in [0, 0.1) is 0 Å². The Morgan fingerprint density at radius 3 is 2.67 bits per heavy atom. The van der Waals surface area contributed by atoms with Crippen molar-refractivity contribution < 1.29 is 34.1 Å². The predicted octanol–water partition coefficient (Wildman–Crippen LogP) is 3.64. The van der Waals surface area contributed by atoms with Gasteiger partial charge in [0.25, 0.3) is 5.91 Å². The van der Waals surface area contributed by atoms with E-state index in [1.165, 1.54) is 23.7 Å². The van der Waals surface area contributed by atoms with E-state index in [2.05, 4.69) is 5.32 Å². The maximum Gasteiger partial charge on any atom is 0.412 e. The minimum Gasteiger partial charge on any atom is -0.508 e. The van der Waals surface area contributed by atoms with Crippen LogP contribution in [0.5, 0.6) is 17.2 Å². The number of unbranched alkanes of at least 4 members (excludes halogenated alkanes) is 1. The van der Waals surface area contributed by atoms with Crippen LogP contribution in [0.15, 0.2) is 54.6 Å². The van der Waals surface area contributed by atoms with E-state index >= 15 is 0 Å². The zero-order chi connectivity index (χ0) is 21.3. The fourth-order valence-corrected chi connectivity index (χ4v) is 2.88. The van der Waals surface area contributed by atoms with Gasteiger partial charge in [0.1, 0.15) is 11.9 Å². The highest BCUT2D eigenvalue weighted by molar-refractivity contribution is 5.86. The molecule has 2 aromatic carbocycles. The summed E-state index contributed by atoms with van der Waals surface area (Å²) in [4.78, 5) is 23.4. The normalized spacial score (nSPS) is 13.1. The van der Waals surface area contributed by atoms with E-state index in [1.807, 2.05) is 0 Å². The molecule has 3 rings (SSSR count). The zero-order valence-corrected chi connectivity index (χ0v) is 16.0. The number of allylic oxidation sites excluding steroid dienone is 1. The van der Waals surface area contributed by atoms with Gasteiger partial charge in [0, 0.05) is 17.8 Å². The van der Waals surface area contributed by atoms with Crippen molar-refractivity contribution in [2.24, 2.45) is 0 Å². The largest absolute Gasteiger partial charge is 0.508 e. The molecule has 30 heavy (non-hydrogen) atoms. The molecule has 1 aliphatic heterocycles. The Labute approximate surface area is 172 Å². The molecule has 0 saturated heterocycles. The van der Waals surface area contributed by atoms with Crippen molar-refractivity contribution in [2.75, 3.05) is 12.1 Å². The van der Waals surface area contributed by atoms with E-state index in [4.69, 9.17) is 19.4 Å². The minimum absolute atomic E-state index is 0.111. The van der Waals surface area contributed by atoms with Crippen molar-refractivity contribution in [3.63, 3.8) is 0 Å². The van der Waals surface area contributed by atoms with E-state index < -0.39 is 18.1 Å². The molecular formula is C21H22N2O7. The lowest BCUT2D eigenvalue weighted by Crippen LogP contribution is -2.17. The molecule has 2 aromatic rings. The number of phenols is 1. The molecular weight excluding hydrogens is 392 g/mol. The zero-order valence-electron chi connectivity index (χ0n) is 16.0. The summed E-state index contributed by atoms with van der Waals surface area (Å²) >= 11 is 0. The average Bonchev–Trinajstić information content (AvgIpc) is 3.21. The topological polar surface area (TPSA) is 126 Å². The molecule has 1 atom stereocenters. The number of amides is 2. The Bertz CT molecular complexity index is 912. The van der Waals surface area contributed by atoms with Gasteiger partial charge in [-0.2, -0.15) is 0 Å². The number of nitrogens with one attached hydrogen (secondary N) is 2. The van der Waals surface area contributed by atoms with E-state index in [0.717, 1.165) is 5.56 Å². The third-order valence-electron chi connectivity index (χ3n) is 4.35. The number of phenolic OH excluding ortho intramolecular Hbond substituents is 1. The molecule has 0 bridgehead atoms. The lowest BCUT2D eigenvalue weighted by molar-refractivity contribution is -0.124. The van der Waals surface area contributed by atoms with Crippen LogP contribution in [0.4, 0.5) is 10.5 Å². The van der Waals surface area contributed by atoms with Crippen LogP contribution < -0.4 is 20.3 Å². The highest BCUT2D eigenvalue weighted by Crippen LogP contribution is 2.34. The van der Waals surface area contributed by atoms with Crippen molar-refractivity contribution in [1.82, 2.24) is 5.48 Å².